The number of hydrogen-bond acceptors (Lipinski definition) is 2. The summed E-state index contributed by atoms with van der Waals surface area (Å²) in [6.07, 6.45) is 3.10. The molecule has 0 radical (unpaired) electrons. The van der Waals surface area contributed by atoms with Crippen LogP contribution in [0.15, 0.2) is 24.3 Å². The molecule has 0 aliphatic carbocycles. The minimum atomic E-state index is -0.526. The Balaban J connectivity index is 2.50. The summed E-state index contributed by atoms with van der Waals surface area (Å²) in [6.45, 7) is 4.28. The number of aliphatic hydroxyl groups excluding tert-OH is 1. The smallest absolute Gasteiger partial charge is 0.244 e. The van der Waals surface area contributed by atoms with Crippen molar-refractivity contribution in [3.63, 3.8) is 0 Å². The lowest BCUT2D eigenvalue weighted by Gasteiger charge is -2.12. The standard InChI is InChI=1S/C15H19Cl2NO2/c1-10(2)8-12(19)9-18-14(20)7-6-11-4-3-5-13(16)15(11)17/h3-7,10,12,19H,8-9H2,1-2H3,(H,18,20)/b7-6+. The summed E-state index contributed by atoms with van der Waals surface area (Å²) in [4.78, 5) is 11.6. The van der Waals surface area contributed by atoms with Crippen molar-refractivity contribution in [2.45, 2.75) is 26.4 Å². The van der Waals surface area contributed by atoms with Crippen LogP contribution < -0.4 is 5.32 Å². The molecule has 20 heavy (non-hydrogen) atoms. The lowest BCUT2D eigenvalue weighted by Crippen LogP contribution is -2.31. The quantitative estimate of drug-likeness (QED) is 0.789. The molecule has 1 amide bonds. The zero-order valence-electron chi connectivity index (χ0n) is 11.6. The van der Waals surface area contributed by atoms with Crippen molar-refractivity contribution in [2.75, 3.05) is 6.54 Å². The molecule has 3 nitrogen and oxygen atoms in total. The van der Waals surface area contributed by atoms with Gasteiger partial charge in [0.15, 0.2) is 0 Å². The molecule has 1 aromatic rings. The Labute approximate surface area is 129 Å². The molecule has 0 saturated carbocycles. The summed E-state index contributed by atoms with van der Waals surface area (Å²) in [5, 5.41) is 13.2. The van der Waals surface area contributed by atoms with Crippen LogP contribution in [0.3, 0.4) is 0 Å². The van der Waals surface area contributed by atoms with Gasteiger partial charge in [0.1, 0.15) is 0 Å². The zero-order chi connectivity index (χ0) is 15.1. The first-order valence-electron chi connectivity index (χ1n) is 6.48. The monoisotopic (exact) mass is 315 g/mol. The number of aliphatic hydroxyl groups is 1. The summed E-state index contributed by atoms with van der Waals surface area (Å²) in [7, 11) is 0. The van der Waals surface area contributed by atoms with Gasteiger partial charge in [-0.2, -0.15) is 0 Å². The molecule has 0 heterocycles. The van der Waals surface area contributed by atoms with Gasteiger partial charge in [-0.15, -0.1) is 0 Å². The summed E-state index contributed by atoms with van der Waals surface area (Å²) in [6, 6.07) is 5.22. The molecule has 5 heteroatoms. The van der Waals surface area contributed by atoms with Crippen molar-refractivity contribution in [3.8, 4) is 0 Å². The van der Waals surface area contributed by atoms with E-state index < -0.39 is 6.10 Å². The van der Waals surface area contributed by atoms with Crippen molar-refractivity contribution in [1.29, 1.82) is 0 Å². The van der Waals surface area contributed by atoms with E-state index in [4.69, 9.17) is 23.2 Å². The van der Waals surface area contributed by atoms with E-state index in [1.54, 1.807) is 24.3 Å². The molecule has 0 aromatic heterocycles. The number of nitrogens with one attached hydrogen (secondary N) is 1. The fourth-order valence-electron chi connectivity index (χ4n) is 1.72. The normalized spacial score (nSPS) is 12.9. The SMILES string of the molecule is CC(C)CC(O)CNC(=O)/C=C/c1cccc(Cl)c1Cl. The Bertz CT molecular complexity index is 487. The van der Waals surface area contributed by atoms with Gasteiger partial charge in [-0.25, -0.2) is 0 Å². The van der Waals surface area contributed by atoms with Gasteiger partial charge >= 0.3 is 0 Å². The molecule has 2 N–H and O–H groups in total. The molecule has 0 fully saturated rings. The molecule has 0 spiro atoms. The van der Waals surface area contributed by atoms with Crippen molar-refractivity contribution >= 4 is 35.2 Å². The summed E-state index contributed by atoms with van der Waals surface area (Å²) in [5.41, 5.74) is 0.678. The Hall–Kier alpha value is -1.03. The maximum Gasteiger partial charge on any atom is 0.244 e. The molecule has 110 valence electrons. The maximum atomic E-state index is 11.6. The summed E-state index contributed by atoms with van der Waals surface area (Å²) in [5.74, 6) is 0.117. The van der Waals surface area contributed by atoms with E-state index in [0.717, 1.165) is 0 Å². The van der Waals surface area contributed by atoms with E-state index in [1.807, 2.05) is 13.8 Å². The van der Waals surface area contributed by atoms with Crippen LogP contribution in [0.1, 0.15) is 25.8 Å². The number of amides is 1. The third kappa shape index (κ3) is 5.95. The molecule has 0 saturated heterocycles. The highest BCUT2D eigenvalue weighted by molar-refractivity contribution is 6.42. The van der Waals surface area contributed by atoms with Crippen molar-refractivity contribution < 1.29 is 9.90 Å². The maximum absolute atomic E-state index is 11.6. The first kappa shape index (κ1) is 17.0. The van der Waals surface area contributed by atoms with Gasteiger partial charge in [-0.3, -0.25) is 4.79 Å². The van der Waals surface area contributed by atoms with Crippen LogP contribution >= 0.6 is 23.2 Å². The zero-order valence-corrected chi connectivity index (χ0v) is 13.1. The van der Waals surface area contributed by atoms with E-state index in [9.17, 15) is 9.90 Å². The van der Waals surface area contributed by atoms with E-state index in [2.05, 4.69) is 5.32 Å². The highest BCUT2D eigenvalue weighted by Gasteiger charge is 2.07. The molecule has 1 atom stereocenters. The molecule has 0 bridgehead atoms. The van der Waals surface area contributed by atoms with Crippen LogP contribution in [0.4, 0.5) is 0 Å². The van der Waals surface area contributed by atoms with E-state index in [-0.39, 0.29) is 12.5 Å². The second-order valence-corrected chi connectivity index (χ2v) is 5.79. The predicted octanol–water partition coefficient (Wildman–Crippen LogP) is 3.53. The molecule has 1 unspecified atom stereocenters. The number of carbonyl (C=O) groups excluding carboxylic acids is 1. The molecular weight excluding hydrogens is 297 g/mol. The number of hydrogen-bond donors (Lipinski definition) is 2. The molecule has 0 aliphatic heterocycles. The highest BCUT2D eigenvalue weighted by Crippen LogP contribution is 2.26. The average Bonchev–Trinajstić information content (AvgIpc) is 2.37. The molecule has 1 rings (SSSR count). The third-order valence-electron chi connectivity index (χ3n) is 2.65. The Morgan fingerprint density at radius 1 is 1.40 bits per heavy atom. The van der Waals surface area contributed by atoms with Gasteiger partial charge in [0.2, 0.25) is 5.91 Å². The van der Waals surface area contributed by atoms with Crippen LogP contribution in [0, 0.1) is 5.92 Å². The van der Waals surface area contributed by atoms with Gasteiger partial charge in [-0.05, 0) is 30.0 Å². The molecular formula is C15H19Cl2NO2. The lowest BCUT2D eigenvalue weighted by atomic mass is 10.1. The van der Waals surface area contributed by atoms with Gasteiger partial charge in [0, 0.05) is 12.6 Å². The lowest BCUT2D eigenvalue weighted by molar-refractivity contribution is -0.116. The highest BCUT2D eigenvalue weighted by atomic mass is 35.5. The van der Waals surface area contributed by atoms with Crippen LogP contribution in [-0.2, 0) is 4.79 Å². The van der Waals surface area contributed by atoms with Crippen LogP contribution in [0.25, 0.3) is 6.08 Å². The van der Waals surface area contributed by atoms with Gasteiger partial charge < -0.3 is 10.4 Å². The average molecular weight is 316 g/mol. The second-order valence-electron chi connectivity index (χ2n) is 5.00. The second kappa shape index (κ2) is 8.30. The molecule has 0 aliphatic rings. The van der Waals surface area contributed by atoms with E-state index in [1.165, 1.54) is 6.08 Å². The van der Waals surface area contributed by atoms with Gasteiger partial charge in [0.05, 0.1) is 16.1 Å². The van der Waals surface area contributed by atoms with Gasteiger partial charge in [0.25, 0.3) is 0 Å². The molecule has 1 aromatic carbocycles. The number of rotatable bonds is 6. The van der Waals surface area contributed by atoms with Crippen molar-refractivity contribution in [1.82, 2.24) is 5.32 Å². The minimum Gasteiger partial charge on any atom is -0.391 e. The largest absolute Gasteiger partial charge is 0.391 e. The Kier molecular flexibility index (Phi) is 7.06. The fourth-order valence-corrected chi connectivity index (χ4v) is 2.09. The Morgan fingerprint density at radius 3 is 2.75 bits per heavy atom. The minimum absolute atomic E-state index is 0.241. The first-order chi connectivity index (χ1) is 9.40. The van der Waals surface area contributed by atoms with E-state index in [0.29, 0.717) is 27.9 Å². The topological polar surface area (TPSA) is 49.3 Å². The summed E-state index contributed by atoms with van der Waals surface area (Å²) < 4.78 is 0. The Morgan fingerprint density at radius 2 is 2.10 bits per heavy atom. The third-order valence-corrected chi connectivity index (χ3v) is 3.48. The summed E-state index contributed by atoms with van der Waals surface area (Å²) >= 11 is 11.9. The van der Waals surface area contributed by atoms with Crippen LogP contribution in [-0.4, -0.2) is 23.7 Å². The van der Waals surface area contributed by atoms with E-state index >= 15 is 0 Å². The number of benzene rings is 1. The van der Waals surface area contributed by atoms with Crippen molar-refractivity contribution in [2.24, 2.45) is 5.92 Å². The number of carbonyl (C=O) groups is 1. The van der Waals surface area contributed by atoms with Gasteiger partial charge in [-0.1, -0.05) is 49.2 Å². The predicted molar refractivity (Wildman–Crippen MR) is 84.0 cm³/mol. The first-order valence-corrected chi connectivity index (χ1v) is 7.23. The van der Waals surface area contributed by atoms with Crippen LogP contribution in [0.2, 0.25) is 10.0 Å². The van der Waals surface area contributed by atoms with Crippen molar-refractivity contribution in [3.05, 3.63) is 39.9 Å². The number of halogens is 2. The van der Waals surface area contributed by atoms with Crippen LogP contribution in [0.5, 0.6) is 0 Å². The fraction of sp³-hybridized carbons (Fsp3) is 0.400.